The molecule has 2 saturated heterocycles. The van der Waals surface area contributed by atoms with Crippen LogP contribution in [0.4, 0.5) is 0 Å². The summed E-state index contributed by atoms with van der Waals surface area (Å²) in [4.78, 5) is 1.12. The molecule has 2 nitrogen and oxygen atoms in total. The van der Waals surface area contributed by atoms with Gasteiger partial charge in [-0.3, -0.25) is 0 Å². The van der Waals surface area contributed by atoms with Crippen LogP contribution in [0.5, 0.6) is 0 Å². The summed E-state index contributed by atoms with van der Waals surface area (Å²) in [7, 11) is 0. The van der Waals surface area contributed by atoms with Crippen molar-refractivity contribution in [3.8, 4) is 0 Å². The second kappa shape index (κ2) is 5.41. The molecule has 1 aromatic rings. The molecule has 2 fully saturated rings. The summed E-state index contributed by atoms with van der Waals surface area (Å²) in [5.41, 5.74) is 0. The van der Waals surface area contributed by atoms with Gasteiger partial charge in [0.2, 0.25) is 0 Å². The van der Waals surface area contributed by atoms with Gasteiger partial charge in [-0.2, -0.15) is 0 Å². The monoisotopic (exact) mass is 284 g/mol. The summed E-state index contributed by atoms with van der Waals surface area (Å²) in [6.45, 7) is 0. The molecule has 4 atom stereocenters. The van der Waals surface area contributed by atoms with Crippen LogP contribution in [0.2, 0.25) is 5.02 Å². The van der Waals surface area contributed by atoms with Gasteiger partial charge in [-0.05, 0) is 37.5 Å². The van der Waals surface area contributed by atoms with E-state index in [1.807, 2.05) is 24.3 Å². The molecule has 0 aliphatic carbocycles. The quantitative estimate of drug-likeness (QED) is 0.860. The number of fused-ring (bicyclic) bond motifs is 2. The third kappa shape index (κ3) is 2.69. The van der Waals surface area contributed by atoms with Crippen LogP contribution in [0.25, 0.3) is 0 Å². The van der Waals surface area contributed by atoms with Crippen LogP contribution < -0.4 is 0 Å². The lowest BCUT2D eigenvalue weighted by atomic mass is 9.86. The number of halogens is 1. The second-order valence-corrected chi connectivity index (χ2v) is 6.64. The molecule has 0 aromatic heterocycles. The minimum absolute atomic E-state index is 0.274. The minimum Gasteiger partial charge on any atom is -0.392 e. The maximum absolute atomic E-state index is 10.3. The Balaban J connectivity index is 1.54. The fourth-order valence-corrected chi connectivity index (χ4v) is 4.19. The second-order valence-electron chi connectivity index (χ2n) is 5.11. The van der Waals surface area contributed by atoms with Crippen LogP contribution in [0.1, 0.15) is 19.3 Å². The van der Waals surface area contributed by atoms with E-state index in [1.54, 1.807) is 11.8 Å². The van der Waals surface area contributed by atoms with Gasteiger partial charge in [-0.15, -0.1) is 11.8 Å². The standard InChI is InChI=1S/C14H17ClO2S/c15-9-2-1-3-11(6-9)18-8-13(16)12-7-10-4-5-14(12)17-10/h1-3,6,10,12-14,16H,4-5,7-8H2. The molecule has 0 spiro atoms. The van der Waals surface area contributed by atoms with Gasteiger partial charge in [0.15, 0.2) is 0 Å². The van der Waals surface area contributed by atoms with Gasteiger partial charge in [0.05, 0.1) is 18.3 Å². The van der Waals surface area contributed by atoms with E-state index in [2.05, 4.69) is 0 Å². The molecule has 0 saturated carbocycles. The van der Waals surface area contributed by atoms with Crippen LogP contribution in [0.15, 0.2) is 29.2 Å². The van der Waals surface area contributed by atoms with Crippen molar-refractivity contribution >= 4 is 23.4 Å². The number of ether oxygens (including phenoxy) is 1. The minimum atomic E-state index is -0.274. The first-order chi connectivity index (χ1) is 8.72. The Hall–Kier alpha value is -0.220. The van der Waals surface area contributed by atoms with Crippen molar-refractivity contribution in [2.75, 3.05) is 5.75 Å². The molecule has 2 heterocycles. The predicted molar refractivity (Wildman–Crippen MR) is 74.2 cm³/mol. The molecule has 18 heavy (non-hydrogen) atoms. The number of thioether (sulfide) groups is 1. The van der Waals surface area contributed by atoms with Crippen molar-refractivity contribution in [1.29, 1.82) is 0 Å². The van der Waals surface area contributed by atoms with E-state index in [0.717, 1.165) is 28.5 Å². The zero-order valence-electron chi connectivity index (χ0n) is 10.1. The molecule has 2 aliphatic rings. The molecule has 3 rings (SSSR count). The molecule has 0 amide bonds. The highest BCUT2D eigenvalue weighted by Crippen LogP contribution is 2.41. The van der Waals surface area contributed by atoms with E-state index >= 15 is 0 Å². The van der Waals surface area contributed by atoms with Crippen molar-refractivity contribution in [2.24, 2.45) is 5.92 Å². The maximum Gasteiger partial charge on any atom is 0.0687 e. The first-order valence-electron chi connectivity index (χ1n) is 6.44. The van der Waals surface area contributed by atoms with Gasteiger partial charge in [-0.25, -0.2) is 0 Å². The molecule has 4 heteroatoms. The fourth-order valence-electron chi connectivity index (χ4n) is 2.94. The SMILES string of the molecule is OC(CSc1cccc(Cl)c1)C1CC2CCC1O2. The van der Waals surface area contributed by atoms with Crippen LogP contribution in [-0.4, -0.2) is 29.2 Å². The number of aliphatic hydroxyl groups is 1. The van der Waals surface area contributed by atoms with Crippen molar-refractivity contribution < 1.29 is 9.84 Å². The van der Waals surface area contributed by atoms with E-state index in [1.165, 1.54) is 6.42 Å². The van der Waals surface area contributed by atoms with Crippen LogP contribution in [-0.2, 0) is 4.74 Å². The molecule has 4 unspecified atom stereocenters. The molecule has 1 aromatic carbocycles. The fraction of sp³-hybridized carbons (Fsp3) is 0.571. The maximum atomic E-state index is 10.3. The van der Waals surface area contributed by atoms with E-state index in [0.29, 0.717) is 18.1 Å². The summed E-state index contributed by atoms with van der Waals surface area (Å²) in [5.74, 6) is 1.05. The molecular weight excluding hydrogens is 268 g/mol. The zero-order chi connectivity index (χ0) is 12.5. The number of benzene rings is 1. The lowest BCUT2D eigenvalue weighted by molar-refractivity contribution is 0.0530. The third-order valence-electron chi connectivity index (χ3n) is 3.86. The van der Waals surface area contributed by atoms with E-state index in [9.17, 15) is 5.11 Å². The van der Waals surface area contributed by atoms with E-state index in [-0.39, 0.29) is 6.10 Å². The Bertz CT molecular complexity index is 426. The van der Waals surface area contributed by atoms with Crippen molar-refractivity contribution in [1.82, 2.24) is 0 Å². The van der Waals surface area contributed by atoms with E-state index in [4.69, 9.17) is 16.3 Å². The zero-order valence-corrected chi connectivity index (χ0v) is 11.7. The Kier molecular flexibility index (Phi) is 3.85. The first kappa shape index (κ1) is 12.8. The highest BCUT2D eigenvalue weighted by atomic mass is 35.5. The predicted octanol–water partition coefficient (Wildman–Crippen LogP) is 3.36. The Morgan fingerprint density at radius 1 is 1.44 bits per heavy atom. The van der Waals surface area contributed by atoms with Gasteiger partial charge < -0.3 is 9.84 Å². The summed E-state index contributed by atoms with van der Waals surface area (Å²) < 4.78 is 5.79. The topological polar surface area (TPSA) is 29.5 Å². The van der Waals surface area contributed by atoms with Gasteiger partial charge in [0.25, 0.3) is 0 Å². The summed E-state index contributed by atoms with van der Waals surface area (Å²) in [6.07, 6.45) is 3.76. The highest BCUT2D eigenvalue weighted by Gasteiger charge is 2.43. The van der Waals surface area contributed by atoms with Crippen LogP contribution in [0, 0.1) is 5.92 Å². The lowest BCUT2D eigenvalue weighted by Gasteiger charge is -2.23. The third-order valence-corrected chi connectivity index (χ3v) is 5.19. The van der Waals surface area contributed by atoms with Gasteiger partial charge in [0.1, 0.15) is 0 Å². The Morgan fingerprint density at radius 3 is 3.00 bits per heavy atom. The van der Waals surface area contributed by atoms with Gasteiger partial charge >= 0.3 is 0 Å². The molecular formula is C14H17ClO2S. The van der Waals surface area contributed by atoms with Gasteiger partial charge in [0, 0.05) is 21.6 Å². The molecule has 0 radical (unpaired) electrons. The number of hydrogen-bond donors (Lipinski definition) is 1. The van der Waals surface area contributed by atoms with Crippen LogP contribution in [0.3, 0.4) is 0 Å². The summed E-state index contributed by atoms with van der Waals surface area (Å²) in [5, 5.41) is 11.0. The van der Waals surface area contributed by atoms with Crippen molar-refractivity contribution in [2.45, 2.75) is 42.5 Å². The molecule has 2 aliphatic heterocycles. The van der Waals surface area contributed by atoms with Crippen molar-refractivity contribution in [3.63, 3.8) is 0 Å². The Labute approximate surface area is 117 Å². The highest BCUT2D eigenvalue weighted by molar-refractivity contribution is 7.99. The first-order valence-corrected chi connectivity index (χ1v) is 7.80. The van der Waals surface area contributed by atoms with Gasteiger partial charge in [-0.1, -0.05) is 17.7 Å². The normalized spacial score (nSPS) is 31.8. The summed E-state index contributed by atoms with van der Waals surface area (Å²) in [6, 6.07) is 7.78. The van der Waals surface area contributed by atoms with E-state index < -0.39 is 0 Å². The van der Waals surface area contributed by atoms with Crippen LogP contribution >= 0.6 is 23.4 Å². The largest absolute Gasteiger partial charge is 0.392 e. The molecule has 98 valence electrons. The average molecular weight is 285 g/mol. The number of rotatable bonds is 4. The molecule has 2 bridgehead atoms. The number of aliphatic hydroxyl groups excluding tert-OH is 1. The smallest absolute Gasteiger partial charge is 0.0687 e. The van der Waals surface area contributed by atoms with Crippen molar-refractivity contribution in [3.05, 3.63) is 29.3 Å². The molecule has 1 N–H and O–H groups in total. The lowest BCUT2D eigenvalue weighted by Crippen LogP contribution is -2.31. The average Bonchev–Trinajstić information content (AvgIpc) is 2.98. The Morgan fingerprint density at radius 2 is 2.33 bits per heavy atom. The summed E-state index contributed by atoms with van der Waals surface area (Å²) >= 11 is 7.61. The number of hydrogen-bond acceptors (Lipinski definition) is 3.